The number of nitrogens with one attached hydrogen (secondary N) is 2. The number of carbonyl (C=O) groups excluding carboxylic acids is 2. The van der Waals surface area contributed by atoms with Crippen LogP contribution >= 0.6 is 23.1 Å². The van der Waals surface area contributed by atoms with Gasteiger partial charge in [0.05, 0.1) is 11.3 Å². The van der Waals surface area contributed by atoms with Crippen molar-refractivity contribution in [2.24, 2.45) is 0 Å². The molecule has 0 atom stereocenters. The number of benzene rings is 2. The van der Waals surface area contributed by atoms with E-state index >= 15 is 0 Å². The Labute approximate surface area is 195 Å². The molecule has 1 aliphatic rings. The third kappa shape index (κ3) is 5.21. The summed E-state index contributed by atoms with van der Waals surface area (Å²) < 4.78 is 0. The van der Waals surface area contributed by atoms with Crippen molar-refractivity contribution in [2.75, 3.05) is 16.4 Å². The van der Waals surface area contributed by atoms with Crippen LogP contribution in [0.5, 0.6) is 0 Å². The molecule has 162 valence electrons. The Balaban J connectivity index is 1.36. The number of amides is 2. The topological polar surface area (TPSA) is 82.0 Å². The maximum Gasteiger partial charge on any atom is 0.255 e. The van der Waals surface area contributed by atoms with E-state index in [1.807, 2.05) is 49.4 Å². The normalized spacial score (nSPS) is 12.5. The second-order valence-electron chi connectivity index (χ2n) is 7.72. The van der Waals surface area contributed by atoms with Crippen LogP contribution in [-0.4, -0.2) is 17.6 Å². The summed E-state index contributed by atoms with van der Waals surface area (Å²) in [5, 5.41) is 16.1. The molecule has 0 saturated carbocycles. The predicted molar refractivity (Wildman–Crippen MR) is 131 cm³/mol. The van der Waals surface area contributed by atoms with E-state index in [0.717, 1.165) is 41.7 Å². The molecule has 4 rings (SSSR count). The Morgan fingerprint density at radius 1 is 1.09 bits per heavy atom. The summed E-state index contributed by atoms with van der Waals surface area (Å²) in [6.07, 6.45) is 4.14. The summed E-state index contributed by atoms with van der Waals surface area (Å²) in [6, 6.07) is 17.2. The Bertz CT molecular complexity index is 1210. The maximum absolute atomic E-state index is 12.5. The average molecular weight is 462 g/mol. The molecule has 7 heteroatoms. The first-order valence-corrected chi connectivity index (χ1v) is 12.3. The molecule has 0 unspecified atom stereocenters. The van der Waals surface area contributed by atoms with Gasteiger partial charge in [-0.3, -0.25) is 9.59 Å². The van der Waals surface area contributed by atoms with E-state index in [2.05, 4.69) is 16.7 Å². The van der Waals surface area contributed by atoms with Crippen LogP contribution in [0.3, 0.4) is 0 Å². The number of thioether (sulfide) groups is 1. The highest BCUT2D eigenvalue weighted by Crippen LogP contribution is 2.37. The van der Waals surface area contributed by atoms with Crippen LogP contribution in [0.25, 0.3) is 0 Å². The number of nitrogens with zero attached hydrogens (tertiary/aromatic N) is 1. The van der Waals surface area contributed by atoms with E-state index in [4.69, 9.17) is 0 Å². The fourth-order valence-corrected chi connectivity index (χ4v) is 5.75. The molecule has 0 saturated heterocycles. The molecule has 1 aliphatic carbocycles. The van der Waals surface area contributed by atoms with Gasteiger partial charge in [0.15, 0.2) is 0 Å². The van der Waals surface area contributed by atoms with Crippen LogP contribution in [0.1, 0.15) is 44.8 Å². The number of nitriles is 1. The Hall–Kier alpha value is -3.08. The van der Waals surface area contributed by atoms with Gasteiger partial charge in [-0.25, -0.2) is 0 Å². The lowest BCUT2D eigenvalue weighted by Gasteiger charge is -2.09. The Morgan fingerprint density at radius 3 is 2.72 bits per heavy atom. The van der Waals surface area contributed by atoms with Crippen LogP contribution in [0.2, 0.25) is 0 Å². The van der Waals surface area contributed by atoms with Gasteiger partial charge in [-0.15, -0.1) is 23.1 Å². The van der Waals surface area contributed by atoms with Crippen molar-refractivity contribution in [2.45, 2.75) is 37.5 Å². The van der Waals surface area contributed by atoms with E-state index in [1.54, 1.807) is 6.07 Å². The van der Waals surface area contributed by atoms with Gasteiger partial charge in [-0.1, -0.05) is 23.8 Å². The first-order valence-electron chi connectivity index (χ1n) is 10.5. The zero-order valence-electron chi connectivity index (χ0n) is 17.7. The highest BCUT2D eigenvalue weighted by atomic mass is 32.2. The molecule has 0 radical (unpaired) electrons. The minimum absolute atomic E-state index is 0.140. The minimum Gasteiger partial charge on any atom is -0.322 e. The number of hydrogen-bond donors (Lipinski definition) is 2. The number of anilines is 2. The molecule has 0 fully saturated rings. The van der Waals surface area contributed by atoms with Gasteiger partial charge in [0.1, 0.15) is 11.1 Å². The number of thiophene rings is 1. The lowest BCUT2D eigenvalue weighted by molar-refractivity contribution is -0.113. The van der Waals surface area contributed by atoms with Crippen molar-refractivity contribution in [1.29, 1.82) is 5.26 Å². The van der Waals surface area contributed by atoms with Gasteiger partial charge in [-0.05, 0) is 68.5 Å². The summed E-state index contributed by atoms with van der Waals surface area (Å²) in [4.78, 5) is 27.1. The number of rotatable bonds is 6. The molecule has 2 aromatic carbocycles. The van der Waals surface area contributed by atoms with Crippen molar-refractivity contribution in [3.63, 3.8) is 0 Å². The van der Waals surface area contributed by atoms with E-state index in [9.17, 15) is 14.9 Å². The molecular weight excluding hydrogens is 438 g/mol. The number of fused-ring (bicyclic) bond motifs is 1. The molecule has 2 amide bonds. The highest BCUT2D eigenvalue weighted by molar-refractivity contribution is 8.00. The third-order valence-electron chi connectivity index (χ3n) is 5.28. The first-order chi connectivity index (χ1) is 15.5. The van der Waals surface area contributed by atoms with Crippen molar-refractivity contribution in [1.82, 2.24) is 0 Å². The molecule has 0 bridgehead atoms. The molecule has 1 heterocycles. The molecule has 0 aliphatic heterocycles. The molecule has 0 spiro atoms. The lowest BCUT2D eigenvalue weighted by atomic mass is 9.96. The van der Waals surface area contributed by atoms with E-state index in [1.165, 1.54) is 28.0 Å². The van der Waals surface area contributed by atoms with Gasteiger partial charge in [0.2, 0.25) is 5.91 Å². The molecule has 5 nitrogen and oxygen atoms in total. The highest BCUT2D eigenvalue weighted by Gasteiger charge is 2.21. The monoisotopic (exact) mass is 461 g/mol. The van der Waals surface area contributed by atoms with E-state index < -0.39 is 0 Å². The number of carbonyl (C=O) groups is 2. The maximum atomic E-state index is 12.5. The predicted octanol–water partition coefficient (Wildman–Crippen LogP) is 5.79. The summed E-state index contributed by atoms with van der Waals surface area (Å²) in [7, 11) is 0. The van der Waals surface area contributed by atoms with E-state index in [0.29, 0.717) is 21.8 Å². The van der Waals surface area contributed by atoms with Gasteiger partial charge in [-0.2, -0.15) is 5.26 Å². The quantitative estimate of drug-likeness (QED) is 0.455. The number of hydrogen-bond acceptors (Lipinski definition) is 5. The zero-order valence-corrected chi connectivity index (χ0v) is 19.4. The fraction of sp³-hybridized carbons (Fsp3) is 0.240. The fourth-order valence-electron chi connectivity index (χ4n) is 3.74. The lowest BCUT2D eigenvalue weighted by Crippen LogP contribution is -2.14. The standard InChI is InChI=1S/C25H23N3O2S2/c1-16-6-4-7-17(12-16)24(30)27-18-8-5-9-19(13-18)31-15-23(29)28-25-21(14-26)20-10-2-3-11-22(20)32-25/h4-9,12-13H,2-3,10-11,15H2,1H3,(H,27,30)(H,28,29). The van der Waals surface area contributed by atoms with Crippen LogP contribution in [0, 0.1) is 18.3 Å². The summed E-state index contributed by atoms with van der Waals surface area (Å²) in [5.74, 6) is -0.0820. The van der Waals surface area contributed by atoms with Crippen molar-refractivity contribution in [3.8, 4) is 6.07 Å². The Morgan fingerprint density at radius 2 is 1.91 bits per heavy atom. The second kappa shape index (κ2) is 10.0. The van der Waals surface area contributed by atoms with Crippen molar-refractivity contribution >= 4 is 45.6 Å². The smallest absolute Gasteiger partial charge is 0.255 e. The molecule has 32 heavy (non-hydrogen) atoms. The Kier molecular flexibility index (Phi) is 6.93. The van der Waals surface area contributed by atoms with Gasteiger partial charge >= 0.3 is 0 Å². The molecule has 2 N–H and O–H groups in total. The first kappa shape index (κ1) is 22.1. The van der Waals surface area contributed by atoms with Crippen LogP contribution in [0.4, 0.5) is 10.7 Å². The van der Waals surface area contributed by atoms with Crippen molar-refractivity contribution in [3.05, 3.63) is 75.7 Å². The average Bonchev–Trinajstić information content (AvgIpc) is 3.14. The zero-order chi connectivity index (χ0) is 22.5. The molecule has 3 aromatic rings. The molecular formula is C25H23N3O2S2. The summed E-state index contributed by atoms with van der Waals surface area (Å²) >= 11 is 2.93. The van der Waals surface area contributed by atoms with Gasteiger partial charge < -0.3 is 10.6 Å². The van der Waals surface area contributed by atoms with Gasteiger partial charge in [0.25, 0.3) is 5.91 Å². The molecule has 1 aromatic heterocycles. The summed E-state index contributed by atoms with van der Waals surface area (Å²) in [6.45, 7) is 1.95. The second-order valence-corrected chi connectivity index (χ2v) is 9.87. The summed E-state index contributed by atoms with van der Waals surface area (Å²) in [5.41, 5.74) is 4.06. The van der Waals surface area contributed by atoms with Crippen LogP contribution in [-0.2, 0) is 17.6 Å². The van der Waals surface area contributed by atoms with Crippen LogP contribution < -0.4 is 10.6 Å². The SMILES string of the molecule is Cc1cccc(C(=O)Nc2cccc(SCC(=O)Nc3sc4c(c3C#N)CCCC4)c2)c1. The van der Waals surface area contributed by atoms with E-state index in [-0.39, 0.29) is 17.6 Å². The third-order valence-corrected chi connectivity index (χ3v) is 7.48. The van der Waals surface area contributed by atoms with Crippen LogP contribution in [0.15, 0.2) is 53.4 Å². The van der Waals surface area contributed by atoms with Crippen molar-refractivity contribution < 1.29 is 9.59 Å². The largest absolute Gasteiger partial charge is 0.322 e. The number of aryl methyl sites for hydroxylation is 2. The van der Waals surface area contributed by atoms with Gasteiger partial charge in [0, 0.05) is 21.0 Å². The minimum atomic E-state index is -0.167.